The smallest absolute Gasteiger partial charge is 0.126 e. The van der Waals surface area contributed by atoms with Crippen molar-refractivity contribution < 1.29 is 5.11 Å². The molecule has 2 aromatic rings. The number of nitrogens with zero attached hydrogens (tertiary/aromatic N) is 1. The minimum Gasteiger partial charge on any atom is -0.507 e. The average Bonchev–Trinajstić information content (AvgIpc) is 2.58. The number of phenols is 1. The Morgan fingerprint density at radius 2 is 2.13 bits per heavy atom. The van der Waals surface area contributed by atoms with Gasteiger partial charge in [-0.3, -0.25) is 5.10 Å². The number of aromatic amines is 1. The Morgan fingerprint density at radius 3 is 2.73 bits per heavy atom. The van der Waals surface area contributed by atoms with Gasteiger partial charge in [0.1, 0.15) is 11.6 Å². The molecule has 4 N–H and O–H groups in total. The van der Waals surface area contributed by atoms with E-state index in [9.17, 15) is 5.11 Å². The number of hydrogen-bond acceptors (Lipinski definition) is 3. The van der Waals surface area contributed by atoms with E-state index in [1.165, 1.54) is 0 Å². The summed E-state index contributed by atoms with van der Waals surface area (Å²) in [5, 5.41) is 16.4. The number of aromatic nitrogens is 2. The van der Waals surface area contributed by atoms with Gasteiger partial charge in [0.05, 0.1) is 6.20 Å². The van der Waals surface area contributed by atoms with Crippen molar-refractivity contribution >= 4 is 21.7 Å². The van der Waals surface area contributed by atoms with Gasteiger partial charge in [-0.05, 0) is 24.6 Å². The van der Waals surface area contributed by atoms with E-state index >= 15 is 0 Å². The van der Waals surface area contributed by atoms with Crippen molar-refractivity contribution in [1.29, 1.82) is 0 Å². The minimum atomic E-state index is 0.228. The van der Waals surface area contributed by atoms with Crippen LogP contribution >= 0.6 is 15.9 Å². The molecular formula is C10H10BrN3O. The molecule has 0 fully saturated rings. The van der Waals surface area contributed by atoms with Crippen LogP contribution in [0.4, 0.5) is 5.82 Å². The monoisotopic (exact) mass is 267 g/mol. The van der Waals surface area contributed by atoms with E-state index < -0.39 is 0 Å². The third-order valence-corrected chi connectivity index (χ3v) is 2.68. The van der Waals surface area contributed by atoms with Crippen LogP contribution in [0, 0.1) is 6.92 Å². The minimum absolute atomic E-state index is 0.228. The number of nitrogens with one attached hydrogen (secondary N) is 1. The number of halogens is 1. The fraction of sp³-hybridized carbons (Fsp3) is 0.100. The second-order valence-electron chi connectivity index (χ2n) is 3.32. The number of nitrogen functional groups attached to an aromatic ring is 1. The molecule has 15 heavy (non-hydrogen) atoms. The lowest BCUT2D eigenvalue weighted by molar-refractivity contribution is 0.473. The van der Waals surface area contributed by atoms with Crippen molar-refractivity contribution in [2.45, 2.75) is 6.92 Å². The van der Waals surface area contributed by atoms with Gasteiger partial charge in [-0.2, -0.15) is 5.10 Å². The Bertz CT molecular complexity index is 507. The molecule has 0 spiro atoms. The van der Waals surface area contributed by atoms with E-state index in [0.717, 1.165) is 10.0 Å². The summed E-state index contributed by atoms with van der Waals surface area (Å²) in [6.07, 6.45) is 1.59. The van der Waals surface area contributed by atoms with Crippen molar-refractivity contribution in [1.82, 2.24) is 10.2 Å². The third kappa shape index (κ3) is 1.70. The van der Waals surface area contributed by atoms with Crippen LogP contribution in [-0.2, 0) is 0 Å². The molecule has 1 aromatic carbocycles. The average molecular weight is 268 g/mol. The summed E-state index contributed by atoms with van der Waals surface area (Å²) in [6.45, 7) is 1.83. The zero-order valence-electron chi connectivity index (χ0n) is 8.08. The first-order chi connectivity index (χ1) is 7.09. The van der Waals surface area contributed by atoms with Crippen molar-refractivity contribution in [2.75, 3.05) is 5.73 Å². The van der Waals surface area contributed by atoms with Gasteiger partial charge in [-0.15, -0.1) is 0 Å². The molecule has 0 aliphatic carbocycles. The molecule has 4 nitrogen and oxygen atoms in total. The van der Waals surface area contributed by atoms with Gasteiger partial charge in [-0.25, -0.2) is 0 Å². The summed E-state index contributed by atoms with van der Waals surface area (Å²) in [6, 6.07) is 3.65. The van der Waals surface area contributed by atoms with Gasteiger partial charge >= 0.3 is 0 Å². The standard InChI is InChI=1S/C10H10BrN3O/c1-5-2-6(11)3-7(9(5)15)8-4-13-14-10(8)12/h2-4,15H,1H3,(H3,12,13,14). The maximum absolute atomic E-state index is 9.90. The van der Waals surface area contributed by atoms with E-state index in [-0.39, 0.29) is 5.75 Å². The molecule has 0 saturated carbocycles. The molecule has 0 bridgehead atoms. The molecule has 5 heteroatoms. The lowest BCUT2D eigenvalue weighted by Crippen LogP contribution is -1.89. The number of nitrogens with two attached hydrogens (primary N) is 1. The Balaban J connectivity index is 2.68. The van der Waals surface area contributed by atoms with Crippen LogP contribution in [0.5, 0.6) is 5.75 Å². The molecule has 0 unspecified atom stereocenters. The first-order valence-corrected chi connectivity index (χ1v) is 5.17. The van der Waals surface area contributed by atoms with E-state index in [0.29, 0.717) is 16.9 Å². The van der Waals surface area contributed by atoms with E-state index in [1.807, 2.05) is 19.1 Å². The van der Waals surface area contributed by atoms with Crippen molar-refractivity contribution in [2.24, 2.45) is 0 Å². The van der Waals surface area contributed by atoms with Crippen molar-refractivity contribution in [3.63, 3.8) is 0 Å². The summed E-state index contributed by atoms with van der Waals surface area (Å²) in [5.41, 5.74) is 7.87. The highest BCUT2D eigenvalue weighted by atomic mass is 79.9. The van der Waals surface area contributed by atoms with Gasteiger partial charge in [0.25, 0.3) is 0 Å². The molecule has 1 heterocycles. The van der Waals surface area contributed by atoms with Gasteiger partial charge in [-0.1, -0.05) is 15.9 Å². The van der Waals surface area contributed by atoms with Gasteiger partial charge in [0.15, 0.2) is 0 Å². The fourth-order valence-corrected chi connectivity index (χ4v) is 2.02. The second-order valence-corrected chi connectivity index (χ2v) is 4.23. The molecule has 0 aliphatic rings. The molecule has 0 aliphatic heterocycles. The van der Waals surface area contributed by atoms with Crippen LogP contribution in [-0.4, -0.2) is 15.3 Å². The Labute approximate surface area is 95.3 Å². The molecule has 0 amide bonds. The molecule has 0 radical (unpaired) electrons. The Kier molecular flexibility index (Phi) is 2.40. The highest BCUT2D eigenvalue weighted by Crippen LogP contribution is 2.36. The van der Waals surface area contributed by atoms with Gasteiger partial charge in [0.2, 0.25) is 0 Å². The van der Waals surface area contributed by atoms with Crippen molar-refractivity contribution in [3.05, 3.63) is 28.4 Å². The molecule has 1 aromatic heterocycles. The zero-order chi connectivity index (χ0) is 11.0. The van der Waals surface area contributed by atoms with E-state index in [4.69, 9.17) is 5.73 Å². The molecular weight excluding hydrogens is 258 g/mol. The van der Waals surface area contributed by atoms with E-state index in [1.54, 1.807) is 6.20 Å². The predicted molar refractivity (Wildman–Crippen MR) is 62.5 cm³/mol. The van der Waals surface area contributed by atoms with Crippen LogP contribution in [0.1, 0.15) is 5.56 Å². The first-order valence-electron chi connectivity index (χ1n) is 4.38. The van der Waals surface area contributed by atoms with Gasteiger partial charge < -0.3 is 10.8 Å². The number of aryl methyl sites for hydroxylation is 1. The lowest BCUT2D eigenvalue weighted by atomic mass is 10.0. The summed E-state index contributed by atoms with van der Waals surface area (Å²) in [5.74, 6) is 0.675. The van der Waals surface area contributed by atoms with Gasteiger partial charge in [0, 0.05) is 15.6 Å². The number of rotatable bonds is 1. The Morgan fingerprint density at radius 1 is 1.40 bits per heavy atom. The molecule has 0 atom stereocenters. The van der Waals surface area contributed by atoms with Crippen LogP contribution in [0.15, 0.2) is 22.8 Å². The van der Waals surface area contributed by atoms with Crippen LogP contribution in [0.2, 0.25) is 0 Å². The number of aromatic hydroxyl groups is 1. The largest absolute Gasteiger partial charge is 0.507 e. The number of hydrogen-bond donors (Lipinski definition) is 3. The number of benzene rings is 1. The highest BCUT2D eigenvalue weighted by Gasteiger charge is 2.12. The normalized spacial score (nSPS) is 10.5. The Hall–Kier alpha value is -1.49. The number of anilines is 1. The van der Waals surface area contributed by atoms with Crippen LogP contribution in [0.25, 0.3) is 11.1 Å². The zero-order valence-corrected chi connectivity index (χ0v) is 9.67. The quantitative estimate of drug-likeness (QED) is 0.743. The molecule has 0 saturated heterocycles. The van der Waals surface area contributed by atoms with Crippen LogP contribution < -0.4 is 5.73 Å². The summed E-state index contributed by atoms with van der Waals surface area (Å²) in [4.78, 5) is 0. The highest BCUT2D eigenvalue weighted by molar-refractivity contribution is 9.10. The maximum atomic E-state index is 9.90. The number of H-pyrrole nitrogens is 1. The van der Waals surface area contributed by atoms with Crippen molar-refractivity contribution in [3.8, 4) is 16.9 Å². The maximum Gasteiger partial charge on any atom is 0.126 e. The first kappa shape index (κ1) is 10.0. The lowest BCUT2D eigenvalue weighted by Gasteiger charge is -2.07. The molecule has 78 valence electrons. The van der Waals surface area contributed by atoms with Crippen LogP contribution in [0.3, 0.4) is 0 Å². The second kappa shape index (κ2) is 3.58. The fourth-order valence-electron chi connectivity index (χ4n) is 1.45. The predicted octanol–water partition coefficient (Wildman–Crippen LogP) is 2.44. The SMILES string of the molecule is Cc1cc(Br)cc(-c2cn[nH]c2N)c1O. The van der Waals surface area contributed by atoms with E-state index in [2.05, 4.69) is 26.1 Å². The third-order valence-electron chi connectivity index (χ3n) is 2.22. The molecule has 2 rings (SSSR count). The topological polar surface area (TPSA) is 74.9 Å². The summed E-state index contributed by atoms with van der Waals surface area (Å²) in [7, 11) is 0. The number of phenolic OH excluding ortho intramolecular Hbond substituents is 1. The summed E-state index contributed by atoms with van der Waals surface area (Å²) < 4.78 is 0.897. The summed E-state index contributed by atoms with van der Waals surface area (Å²) >= 11 is 3.37.